The molecule has 0 aliphatic rings. The van der Waals surface area contributed by atoms with E-state index in [1.807, 2.05) is 38.1 Å². The summed E-state index contributed by atoms with van der Waals surface area (Å²) in [5.74, 6) is 0.733. The number of hydrogen-bond acceptors (Lipinski definition) is 2. The van der Waals surface area contributed by atoms with Crippen molar-refractivity contribution in [1.82, 2.24) is 0 Å². The molecular weight excluding hydrogens is 295 g/mol. The molecule has 2 aromatic rings. The lowest BCUT2D eigenvalue weighted by molar-refractivity contribution is 0.216. The van der Waals surface area contributed by atoms with Crippen LogP contribution >= 0.6 is 23.2 Å². The van der Waals surface area contributed by atoms with Gasteiger partial charge in [-0.05, 0) is 49.2 Å². The molecule has 1 N–H and O–H groups in total. The Bertz CT molecular complexity index is 597. The van der Waals surface area contributed by atoms with Crippen molar-refractivity contribution in [1.29, 1.82) is 0 Å². The van der Waals surface area contributed by atoms with E-state index < -0.39 is 6.10 Å². The summed E-state index contributed by atoms with van der Waals surface area (Å²) < 4.78 is 5.63. The molecule has 0 saturated heterocycles. The lowest BCUT2D eigenvalue weighted by Crippen LogP contribution is -2.06. The van der Waals surface area contributed by atoms with Crippen LogP contribution in [0.3, 0.4) is 0 Å². The summed E-state index contributed by atoms with van der Waals surface area (Å²) in [4.78, 5) is 0. The number of benzene rings is 2. The van der Waals surface area contributed by atoms with E-state index in [2.05, 4.69) is 0 Å². The van der Waals surface area contributed by atoms with Gasteiger partial charge in [-0.1, -0.05) is 41.4 Å². The summed E-state index contributed by atoms with van der Waals surface area (Å²) in [5, 5.41) is 11.3. The Hall–Kier alpha value is -1.22. The van der Waals surface area contributed by atoms with Gasteiger partial charge in [-0.3, -0.25) is 0 Å². The number of aliphatic hydroxyl groups excluding tert-OH is 1. The summed E-state index contributed by atoms with van der Waals surface area (Å²) in [7, 11) is 0. The largest absolute Gasteiger partial charge is 0.491 e. The van der Waals surface area contributed by atoms with Gasteiger partial charge in [0.1, 0.15) is 11.9 Å². The summed E-state index contributed by atoms with van der Waals surface area (Å²) >= 11 is 11.9. The quantitative estimate of drug-likeness (QED) is 0.873. The Morgan fingerprint density at radius 2 is 1.65 bits per heavy atom. The fourth-order valence-corrected chi connectivity index (χ4v) is 2.21. The van der Waals surface area contributed by atoms with Gasteiger partial charge in [-0.15, -0.1) is 0 Å². The molecule has 0 aromatic heterocycles. The number of halogens is 2. The first-order valence-corrected chi connectivity index (χ1v) is 7.12. The van der Waals surface area contributed by atoms with Gasteiger partial charge in [0.15, 0.2) is 0 Å². The second kappa shape index (κ2) is 6.49. The number of ether oxygens (including phenoxy) is 1. The van der Waals surface area contributed by atoms with Crippen LogP contribution in [0.5, 0.6) is 5.75 Å². The molecule has 0 aliphatic carbocycles. The van der Waals surface area contributed by atoms with E-state index in [0.29, 0.717) is 15.6 Å². The van der Waals surface area contributed by atoms with E-state index in [1.54, 1.807) is 18.2 Å². The first-order chi connectivity index (χ1) is 9.47. The molecule has 0 amide bonds. The summed E-state index contributed by atoms with van der Waals surface area (Å²) in [6.07, 6.45) is -0.673. The molecule has 1 unspecified atom stereocenters. The monoisotopic (exact) mass is 310 g/mol. The van der Waals surface area contributed by atoms with Crippen molar-refractivity contribution >= 4 is 23.2 Å². The number of rotatable bonds is 4. The van der Waals surface area contributed by atoms with E-state index in [4.69, 9.17) is 27.9 Å². The average molecular weight is 311 g/mol. The fourth-order valence-electron chi connectivity index (χ4n) is 1.91. The highest BCUT2D eigenvalue weighted by Gasteiger charge is 2.13. The Kier molecular flexibility index (Phi) is 4.92. The maximum Gasteiger partial charge on any atom is 0.120 e. The third kappa shape index (κ3) is 3.66. The Morgan fingerprint density at radius 3 is 2.30 bits per heavy atom. The topological polar surface area (TPSA) is 29.5 Å². The van der Waals surface area contributed by atoms with Crippen LogP contribution in [0.2, 0.25) is 10.0 Å². The molecule has 2 aromatic carbocycles. The van der Waals surface area contributed by atoms with Gasteiger partial charge in [-0.2, -0.15) is 0 Å². The van der Waals surface area contributed by atoms with Gasteiger partial charge < -0.3 is 9.84 Å². The van der Waals surface area contributed by atoms with Crippen molar-refractivity contribution in [3.8, 4) is 5.75 Å². The third-order valence-corrected chi connectivity index (χ3v) is 3.54. The molecule has 2 rings (SSSR count). The Balaban J connectivity index is 2.28. The molecular formula is C16H16Cl2O2. The highest BCUT2D eigenvalue weighted by Crippen LogP contribution is 2.30. The summed E-state index contributed by atoms with van der Waals surface area (Å²) in [6, 6.07) is 12.5. The first kappa shape index (κ1) is 15.2. The second-order valence-corrected chi connectivity index (χ2v) is 5.63. The lowest BCUT2D eigenvalue weighted by atomic mass is 10.0. The van der Waals surface area contributed by atoms with Crippen LogP contribution in [-0.4, -0.2) is 11.2 Å². The highest BCUT2D eigenvalue weighted by molar-refractivity contribution is 6.42. The van der Waals surface area contributed by atoms with Gasteiger partial charge in [0.05, 0.1) is 16.1 Å². The number of aliphatic hydroxyl groups is 1. The van der Waals surface area contributed by atoms with E-state index in [1.165, 1.54) is 0 Å². The fraction of sp³-hybridized carbons (Fsp3) is 0.250. The van der Waals surface area contributed by atoms with Crippen LogP contribution in [0.1, 0.15) is 31.1 Å². The number of hydrogen-bond donors (Lipinski definition) is 1. The molecule has 0 spiro atoms. The molecule has 0 heterocycles. The predicted octanol–water partition coefficient (Wildman–Crippen LogP) is 4.86. The van der Waals surface area contributed by atoms with E-state index in [0.717, 1.165) is 11.3 Å². The third-order valence-electron chi connectivity index (χ3n) is 2.81. The zero-order valence-electron chi connectivity index (χ0n) is 11.3. The maximum absolute atomic E-state index is 10.4. The molecule has 1 atom stereocenters. The normalized spacial score (nSPS) is 12.5. The first-order valence-electron chi connectivity index (χ1n) is 6.37. The van der Waals surface area contributed by atoms with Crippen molar-refractivity contribution < 1.29 is 9.84 Å². The van der Waals surface area contributed by atoms with Gasteiger partial charge in [0, 0.05) is 0 Å². The minimum absolute atomic E-state index is 0.0902. The summed E-state index contributed by atoms with van der Waals surface area (Å²) in [6.45, 7) is 3.92. The maximum atomic E-state index is 10.4. The van der Waals surface area contributed by atoms with Crippen molar-refractivity contribution in [3.63, 3.8) is 0 Å². The second-order valence-electron chi connectivity index (χ2n) is 4.82. The van der Waals surface area contributed by atoms with Gasteiger partial charge >= 0.3 is 0 Å². The molecule has 0 radical (unpaired) electrons. The molecule has 2 nitrogen and oxygen atoms in total. The zero-order valence-corrected chi connectivity index (χ0v) is 12.8. The van der Waals surface area contributed by atoms with Crippen LogP contribution in [0.25, 0.3) is 0 Å². The van der Waals surface area contributed by atoms with Crippen LogP contribution in [0.15, 0.2) is 42.5 Å². The zero-order chi connectivity index (χ0) is 14.7. The van der Waals surface area contributed by atoms with Crippen LogP contribution < -0.4 is 4.74 Å². The smallest absolute Gasteiger partial charge is 0.120 e. The average Bonchev–Trinajstić information content (AvgIpc) is 2.40. The molecule has 0 fully saturated rings. The van der Waals surface area contributed by atoms with Crippen molar-refractivity contribution in [2.45, 2.75) is 26.1 Å². The van der Waals surface area contributed by atoms with E-state index >= 15 is 0 Å². The van der Waals surface area contributed by atoms with E-state index in [-0.39, 0.29) is 6.10 Å². The SMILES string of the molecule is CC(C)Oc1cccc(C(O)c2ccc(Cl)c(Cl)c2)c1. The standard InChI is InChI=1S/C16H16Cl2O2/c1-10(2)20-13-5-3-4-11(8-13)16(19)12-6-7-14(17)15(18)9-12/h3-10,16,19H,1-2H3. The molecule has 4 heteroatoms. The minimum Gasteiger partial charge on any atom is -0.491 e. The Labute approximate surface area is 128 Å². The van der Waals surface area contributed by atoms with Crippen LogP contribution in [0, 0.1) is 0 Å². The van der Waals surface area contributed by atoms with Crippen molar-refractivity contribution in [3.05, 3.63) is 63.6 Å². The van der Waals surface area contributed by atoms with Crippen LogP contribution in [-0.2, 0) is 0 Å². The van der Waals surface area contributed by atoms with E-state index in [9.17, 15) is 5.11 Å². The van der Waals surface area contributed by atoms with Crippen molar-refractivity contribution in [2.75, 3.05) is 0 Å². The lowest BCUT2D eigenvalue weighted by Gasteiger charge is -2.15. The van der Waals surface area contributed by atoms with Gasteiger partial charge in [0.2, 0.25) is 0 Å². The van der Waals surface area contributed by atoms with Gasteiger partial charge in [-0.25, -0.2) is 0 Å². The molecule has 20 heavy (non-hydrogen) atoms. The molecule has 0 aliphatic heterocycles. The van der Waals surface area contributed by atoms with Gasteiger partial charge in [0.25, 0.3) is 0 Å². The molecule has 106 valence electrons. The summed E-state index contributed by atoms with van der Waals surface area (Å²) in [5.41, 5.74) is 1.45. The predicted molar refractivity (Wildman–Crippen MR) is 82.7 cm³/mol. The highest BCUT2D eigenvalue weighted by atomic mass is 35.5. The Morgan fingerprint density at radius 1 is 0.950 bits per heavy atom. The molecule has 0 saturated carbocycles. The van der Waals surface area contributed by atoms with Crippen molar-refractivity contribution in [2.24, 2.45) is 0 Å². The van der Waals surface area contributed by atoms with Crippen LogP contribution in [0.4, 0.5) is 0 Å². The molecule has 0 bridgehead atoms. The minimum atomic E-state index is -0.763.